The Labute approximate surface area is 150 Å². The summed E-state index contributed by atoms with van der Waals surface area (Å²) in [5.41, 5.74) is -5.10. The Hall–Kier alpha value is -1.52. The van der Waals surface area contributed by atoms with E-state index in [9.17, 15) is 26.4 Å². The van der Waals surface area contributed by atoms with E-state index in [1.807, 2.05) is 0 Å². The molecule has 0 spiro atoms. The third kappa shape index (κ3) is 4.77. The van der Waals surface area contributed by atoms with Gasteiger partial charge < -0.3 is 10.2 Å². The van der Waals surface area contributed by atoms with Crippen LogP contribution in [0.3, 0.4) is 0 Å². The molecule has 1 saturated heterocycles. The van der Waals surface area contributed by atoms with Gasteiger partial charge >= 0.3 is 15.5 Å². The fourth-order valence-electron chi connectivity index (χ4n) is 2.45. The van der Waals surface area contributed by atoms with Gasteiger partial charge in [-0.1, -0.05) is 0 Å². The Morgan fingerprint density at radius 2 is 2.00 bits per heavy atom. The quantitative estimate of drug-likeness (QED) is 0.810. The molecule has 1 aliphatic rings. The number of anilines is 1. The van der Waals surface area contributed by atoms with E-state index in [0.29, 0.717) is 6.54 Å². The molecule has 1 aromatic carbocycles. The first-order valence-electron chi connectivity index (χ1n) is 7.20. The minimum atomic E-state index is -5.49. The number of alkyl halides is 3. The second-order valence-corrected chi connectivity index (χ2v) is 7.32. The summed E-state index contributed by atoms with van der Waals surface area (Å²) >= 11 is 0. The number of rotatable bonds is 4. The molecule has 1 aromatic rings. The molecule has 1 amide bonds. The van der Waals surface area contributed by atoms with Gasteiger partial charge in [0.1, 0.15) is 0 Å². The van der Waals surface area contributed by atoms with Gasteiger partial charge in [0.15, 0.2) is 0 Å². The molecule has 25 heavy (non-hydrogen) atoms. The molecular weight excluding hydrogens is 383 g/mol. The van der Waals surface area contributed by atoms with Crippen molar-refractivity contribution in [3.8, 4) is 0 Å². The van der Waals surface area contributed by atoms with E-state index in [-0.39, 0.29) is 41.2 Å². The van der Waals surface area contributed by atoms with Gasteiger partial charge in [-0.2, -0.15) is 21.6 Å². The maximum Gasteiger partial charge on any atom is 0.516 e. The molecular formula is C14H19ClF3N3O3S. The molecule has 0 aliphatic carbocycles. The number of hydrogen-bond donors (Lipinski definition) is 2. The zero-order chi connectivity index (χ0) is 18.1. The van der Waals surface area contributed by atoms with Crippen LogP contribution in [0.4, 0.5) is 18.9 Å². The summed E-state index contributed by atoms with van der Waals surface area (Å²) in [6.07, 6.45) is 0.824. The standard InChI is InChI=1S/C14H18F3N3O3S.ClH/c1-9-7-10(13(21)20(2)11-5-6-18-8-11)3-4-12(9)19-24(22,23)14(15,16)17;/h3-4,7,11,18-19H,5-6,8H2,1-2H3;1H. The Bertz CT molecular complexity index is 735. The molecule has 142 valence electrons. The van der Waals surface area contributed by atoms with Crippen molar-refractivity contribution in [3.05, 3.63) is 29.3 Å². The lowest BCUT2D eigenvalue weighted by atomic mass is 10.1. The third-order valence-corrected chi connectivity index (χ3v) is 5.02. The fourth-order valence-corrected chi connectivity index (χ4v) is 3.09. The van der Waals surface area contributed by atoms with Gasteiger partial charge in [-0.15, -0.1) is 12.4 Å². The number of nitrogens with one attached hydrogen (secondary N) is 2. The highest BCUT2D eigenvalue weighted by atomic mass is 35.5. The molecule has 0 bridgehead atoms. The second-order valence-electron chi connectivity index (χ2n) is 5.64. The molecule has 1 unspecified atom stereocenters. The predicted octanol–water partition coefficient (Wildman–Crippen LogP) is 2.11. The molecule has 0 aromatic heterocycles. The van der Waals surface area contributed by atoms with Gasteiger partial charge in [0, 0.05) is 25.2 Å². The summed E-state index contributed by atoms with van der Waals surface area (Å²) < 4.78 is 61.1. The molecule has 1 aliphatic heterocycles. The second kappa shape index (κ2) is 7.79. The smallest absolute Gasteiger partial charge is 0.337 e. The minimum absolute atomic E-state index is 0. The Morgan fingerprint density at radius 1 is 1.36 bits per heavy atom. The van der Waals surface area contributed by atoms with E-state index < -0.39 is 15.5 Å². The normalized spacial score (nSPS) is 17.7. The number of sulfonamides is 1. The van der Waals surface area contributed by atoms with Gasteiger partial charge in [0.05, 0.1) is 5.69 Å². The monoisotopic (exact) mass is 401 g/mol. The summed E-state index contributed by atoms with van der Waals surface area (Å²) in [6, 6.07) is 3.89. The molecule has 11 heteroatoms. The SMILES string of the molecule is Cc1cc(C(=O)N(C)C2CCNC2)ccc1NS(=O)(=O)C(F)(F)F.Cl. The van der Waals surface area contributed by atoms with Crippen LogP contribution in [0.2, 0.25) is 0 Å². The van der Waals surface area contributed by atoms with Crippen molar-refractivity contribution >= 4 is 34.0 Å². The average molecular weight is 402 g/mol. The van der Waals surface area contributed by atoms with Crippen molar-refractivity contribution in [3.63, 3.8) is 0 Å². The number of amides is 1. The molecule has 2 N–H and O–H groups in total. The average Bonchev–Trinajstić information content (AvgIpc) is 3.00. The molecule has 0 radical (unpaired) electrons. The van der Waals surface area contributed by atoms with Crippen LogP contribution in [-0.2, 0) is 10.0 Å². The van der Waals surface area contributed by atoms with Crippen LogP contribution in [-0.4, -0.2) is 50.9 Å². The maximum atomic E-state index is 12.4. The lowest BCUT2D eigenvalue weighted by molar-refractivity contribution is -0.0429. The summed E-state index contributed by atoms with van der Waals surface area (Å²) in [4.78, 5) is 14.0. The highest BCUT2D eigenvalue weighted by Gasteiger charge is 2.46. The summed E-state index contributed by atoms with van der Waals surface area (Å²) in [7, 11) is -3.83. The van der Waals surface area contributed by atoms with Crippen molar-refractivity contribution in [1.29, 1.82) is 0 Å². The van der Waals surface area contributed by atoms with Crippen LogP contribution in [0, 0.1) is 6.92 Å². The molecule has 6 nitrogen and oxygen atoms in total. The van der Waals surface area contributed by atoms with Crippen LogP contribution in [0.5, 0.6) is 0 Å². The van der Waals surface area contributed by atoms with E-state index in [1.165, 1.54) is 23.8 Å². The maximum absolute atomic E-state index is 12.4. The first-order valence-corrected chi connectivity index (χ1v) is 8.69. The van der Waals surface area contributed by atoms with E-state index in [1.54, 1.807) is 11.9 Å². The van der Waals surface area contributed by atoms with Crippen LogP contribution < -0.4 is 10.0 Å². The topological polar surface area (TPSA) is 78.5 Å². The number of aryl methyl sites for hydroxylation is 1. The van der Waals surface area contributed by atoms with Gasteiger partial charge in [0.2, 0.25) is 0 Å². The molecule has 2 rings (SSSR count). The van der Waals surface area contributed by atoms with Crippen molar-refractivity contribution in [2.45, 2.75) is 24.9 Å². The Morgan fingerprint density at radius 3 is 2.48 bits per heavy atom. The molecule has 0 saturated carbocycles. The minimum Gasteiger partial charge on any atom is -0.337 e. The number of benzene rings is 1. The zero-order valence-electron chi connectivity index (χ0n) is 13.6. The number of halogens is 4. The highest BCUT2D eigenvalue weighted by Crippen LogP contribution is 2.27. The van der Waals surface area contributed by atoms with Crippen molar-refractivity contribution in [1.82, 2.24) is 10.2 Å². The van der Waals surface area contributed by atoms with Gasteiger partial charge in [-0.25, -0.2) is 0 Å². The van der Waals surface area contributed by atoms with Crippen molar-refractivity contribution < 1.29 is 26.4 Å². The van der Waals surface area contributed by atoms with Crippen LogP contribution in [0.25, 0.3) is 0 Å². The Balaban J connectivity index is 0.00000312. The number of hydrogen-bond acceptors (Lipinski definition) is 4. The van der Waals surface area contributed by atoms with Gasteiger partial charge in [-0.05, 0) is 43.7 Å². The van der Waals surface area contributed by atoms with Crippen molar-refractivity contribution in [2.75, 3.05) is 24.9 Å². The first-order chi connectivity index (χ1) is 11.0. The zero-order valence-corrected chi connectivity index (χ0v) is 15.2. The number of likely N-dealkylation sites (N-methyl/N-ethyl adjacent to an activating group) is 1. The molecule has 1 atom stereocenters. The number of carbonyl (C=O) groups excluding carboxylic acids is 1. The first kappa shape index (κ1) is 21.5. The summed E-state index contributed by atoms with van der Waals surface area (Å²) in [6.45, 7) is 2.94. The Kier molecular flexibility index (Phi) is 6.71. The third-order valence-electron chi connectivity index (χ3n) is 3.92. The lowest BCUT2D eigenvalue weighted by Crippen LogP contribution is -2.38. The van der Waals surface area contributed by atoms with E-state index in [4.69, 9.17) is 0 Å². The van der Waals surface area contributed by atoms with Crippen LogP contribution >= 0.6 is 12.4 Å². The lowest BCUT2D eigenvalue weighted by Gasteiger charge is -2.24. The molecule has 1 fully saturated rings. The molecule has 1 heterocycles. The predicted molar refractivity (Wildman–Crippen MR) is 90.4 cm³/mol. The number of nitrogens with zero attached hydrogens (tertiary/aromatic N) is 1. The highest BCUT2D eigenvalue weighted by molar-refractivity contribution is 7.93. The largest absolute Gasteiger partial charge is 0.516 e. The fraction of sp³-hybridized carbons (Fsp3) is 0.500. The van der Waals surface area contributed by atoms with Crippen molar-refractivity contribution in [2.24, 2.45) is 0 Å². The van der Waals surface area contributed by atoms with Gasteiger partial charge in [0.25, 0.3) is 5.91 Å². The number of carbonyl (C=O) groups is 1. The van der Waals surface area contributed by atoms with E-state index in [2.05, 4.69) is 5.32 Å². The van der Waals surface area contributed by atoms with Crippen LogP contribution in [0.1, 0.15) is 22.3 Å². The summed E-state index contributed by atoms with van der Waals surface area (Å²) in [5, 5.41) is 3.14. The van der Waals surface area contributed by atoms with Crippen LogP contribution in [0.15, 0.2) is 18.2 Å². The van der Waals surface area contributed by atoms with E-state index >= 15 is 0 Å². The van der Waals surface area contributed by atoms with E-state index in [0.717, 1.165) is 19.0 Å². The summed E-state index contributed by atoms with van der Waals surface area (Å²) in [5.74, 6) is -0.267. The van der Waals surface area contributed by atoms with Gasteiger partial charge in [-0.3, -0.25) is 9.52 Å².